The minimum Gasteiger partial charge on any atom is -0.595 e. The first kappa shape index (κ1) is 17.6. The van der Waals surface area contributed by atoms with Crippen molar-refractivity contribution in [3.63, 3.8) is 0 Å². The maximum Gasteiger partial charge on any atom is 0.163 e. The SMILES string of the molecule is [O-][NH+](O)c1ccc(C2N3CCCCC3C3c4[nH]c5ccccc5c4CCN32)cc1. The number of aromatic amines is 1. The Kier molecular flexibility index (Phi) is 4.04. The molecule has 29 heavy (non-hydrogen) atoms. The average Bonchev–Trinajstić information content (AvgIpc) is 3.29. The number of piperidine rings is 1. The van der Waals surface area contributed by atoms with Gasteiger partial charge >= 0.3 is 0 Å². The number of hydrogen-bond donors (Lipinski definition) is 3. The van der Waals surface area contributed by atoms with Gasteiger partial charge < -0.3 is 10.2 Å². The normalized spacial score (nSPS) is 28.1. The van der Waals surface area contributed by atoms with Gasteiger partial charge in [0.15, 0.2) is 5.69 Å². The van der Waals surface area contributed by atoms with Gasteiger partial charge in [-0.3, -0.25) is 9.80 Å². The summed E-state index contributed by atoms with van der Waals surface area (Å²) in [5, 5.41) is 21.1. The molecule has 0 amide bonds. The van der Waals surface area contributed by atoms with Gasteiger partial charge in [-0.05, 0) is 36.5 Å². The highest BCUT2D eigenvalue weighted by Gasteiger charge is 2.51. The van der Waals surface area contributed by atoms with E-state index in [4.69, 9.17) is 0 Å². The Labute approximate surface area is 169 Å². The third kappa shape index (κ3) is 2.61. The molecule has 6 nitrogen and oxygen atoms in total. The smallest absolute Gasteiger partial charge is 0.163 e. The van der Waals surface area contributed by atoms with Crippen LogP contribution in [0.15, 0.2) is 48.5 Å². The zero-order valence-corrected chi connectivity index (χ0v) is 16.3. The molecule has 150 valence electrons. The Morgan fingerprint density at radius 3 is 2.66 bits per heavy atom. The summed E-state index contributed by atoms with van der Waals surface area (Å²) in [4.78, 5) is 9.10. The van der Waals surface area contributed by atoms with Crippen LogP contribution in [0.3, 0.4) is 0 Å². The highest BCUT2D eigenvalue weighted by Crippen LogP contribution is 2.51. The maximum absolute atomic E-state index is 11.3. The van der Waals surface area contributed by atoms with E-state index >= 15 is 0 Å². The van der Waals surface area contributed by atoms with Crippen molar-refractivity contribution in [1.29, 1.82) is 0 Å². The van der Waals surface area contributed by atoms with E-state index in [2.05, 4.69) is 39.0 Å². The first-order chi connectivity index (χ1) is 14.2. The van der Waals surface area contributed by atoms with E-state index in [1.165, 1.54) is 47.0 Å². The second-order valence-electron chi connectivity index (χ2n) is 8.60. The fourth-order valence-electron chi connectivity index (χ4n) is 5.97. The summed E-state index contributed by atoms with van der Waals surface area (Å²) in [6, 6.07) is 17.1. The van der Waals surface area contributed by atoms with Gasteiger partial charge in [-0.15, -0.1) is 0 Å². The lowest BCUT2D eigenvalue weighted by molar-refractivity contribution is -0.991. The van der Waals surface area contributed by atoms with E-state index in [0.29, 0.717) is 17.8 Å². The van der Waals surface area contributed by atoms with E-state index in [1.807, 2.05) is 12.1 Å². The molecule has 6 heteroatoms. The number of fused-ring (bicyclic) bond motifs is 7. The van der Waals surface area contributed by atoms with Crippen molar-refractivity contribution < 1.29 is 10.4 Å². The molecule has 3 N–H and O–H groups in total. The predicted molar refractivity (Wildman–Crippen MR) is 111 cm³/mol. The number of benzene rings is 2. The lowest BCUT2D eigenvalue weighted by Crippen LogP contribution is -2.99. The Balaban J connectivity index is 1.45. The van der Waals surface area contributed by atoms with Crippen LogP contribution in [-0.2, 0) is 6.42 Å². The van der Waals surface area contributed by atoms with Crippen LogP contribution in [0.5, 0.6) is 0 Å². The Bertz CT molecular complexity index is 1040. The second kappa shape index (κ2) is 6.65. The molecule has 0 spiro atoms. The van der Waals surface area contributed by atoms with Gasteiger partial charge in [-0.2, -0.15) is 5.23 Å². The van der Waals surface area contributed by atoms with Crippen LogP contribution in [0.25, 0.3) is 10.9 Å². The molecule has 4 heterocycles. The molecule has 2 aromatic carbocycles. The first-order valence-electron chi connectivity index (χ1n) is 10.7. The summed E-state index contributed by atoms with van der Waals surface area (Å²) >= 11 is 0. The number of nitrogens with zero attached hydrogens (tertiary/aromatic N) is 2. The highest BCUT2D eigenvalue weighted by molar-refractivity contribution is 5.85. The average molecular weight is 390 g/mol. The molecular formula is C23H26N4O2. The van der Waals surface area contributed by atoms with Crippen LogP contribution in [-0.4, -0.2) is 39.1 Å². The van der Waals surface area contributed by atoms with Crippen LogP contribution in [0.1, 0.15) is 48.3 Å². The van der Waals surface area contributed by atoms with Crippen molar-refractivity contribution in [3.8, 4) is 0 Å². The molecule has 3 aromatic rings. The number of nitrogens with one attached hydrogen (secondary N) is 2. The first-order valence-corrected chi connectivity index (χ1v) is 10.7. The number of H-pyrrole nitrogens is 1. The van der Waals surface area contributed by atoms with E-state index in [0.717, 1.165) is 19.5 Å². The second-order valence-corrected chi connectivity index (χ2v) is 8.60. The van der Waals surface area contributed by atoms with E-state index < -0.39 is 5.23 Å². The number of aromatic nitrogens is 1. The van der Waals surface area contributed by atoms with Crippen molar-refractivity contribution in [2.45, 2.75) is 43.9 Å². The summed E-state index contributed by atoms with van der Waals surface area (Å²) in [6.45, 7) is 2.15. The van der Waals surface area contributed by atoms with Crippen molar-refractivity contribution in [3.05, 3.63) is 70.6 Å². The van der Waals surface area contributed by atoms with Crippen LogP contribution in [0.4, 0.5) is 5.69 Å². The quantitative estimate of drug-likeness (QED) is 0.589. The van der Waals surface area contributed by atoms with Gasteiger partial charge in [0.25, 0.3) is 0 Å². The molecule has 0 bridgehead atoms. The van der Waals surface area contributed by atoms with Crippen LogP contribution in [0.2, 0.25) is 0 Å². The monoisotopic (exact) mass is 390 g/mol. The van der Waals surface area contributed by atoms with Gasteiger partial charge in [-0.1, -0.05) is 36.8 Å². The summed E-state index contributed by atoms with van der Waals surface area (Å²) in [5.41, 5.74) is 5.71. The molecular weight excluding hydrogens is 364 g/mol. The van der Waals surface area contributed by atoms with Crippen molar-refractivity contribution in [2.24, 2.45) is 0 Å². The van der Waals surface area contributed by atoms with Crippen molar-refractivity contribution in [1.82, 2.24) is 14.8 Å². The fraction of sp³-hybridized carbons (Fsp3) is 0.391. The molecule has 1 aromatic heterocycles. The van der Waals surface area contributed by atoms with Gasteiger partial charge in [0.05, 0.1) is 12.2 Å². The molecule has 2 saturated heterocycles. The lowest BCUT2D eigenvalue weighted by atomic mass is 9.90. The standard InChI is InChI=1S/C23H26N4O2/c28-27(29)16-10-8-15(9-11-16)23-25-13-4-3-7-20(25)22-21-18(12-14-26(22)23)17-5-1-2-6-19(17)24-21/h1-2,5-6,8-11,20,22-24,27-28H,3-4,7,12-14H2. The molecule has 3 aliphatic heterocycles. The van der Waals surface area contributed by atoms with Crippen LogP contribution >= 0.6 is 0 Å². The summed E-state index contributed by atoms with van der Waals surface area (Å²) in [6.07, 6.45) is 5.03. The number of rotatable bonds is 2. The third-order valence-corrected chi connectivity index (χ3v) is 7.16. The van der Waals surface area contributed by atoms with E-state index in [-0.39, 0.29) is 6.17 Å². The van der Waals surface area contributed by atoms with Crippen LogP contribution < -0.4 is 5.23 Å². The number of hydrogen-bond acceptors (Lipinski definition) is 4. The minimum atomic E-state index is -0.864. The maximum atomic E-state index is 11.3. The Hall–Kier alpha value is -2.22. The van der Waals surface area contributed by atoms with Crippen LogP contribution in [0, 0.1) is 5.21 Å². The Morgan fingerprint density at radius 1 is 1.00 bits per heavy atom. The van der Waals surface area contributed by atoms with Gasteiger partial charge in [0, 0.05) is 47.9 Å². The zero-order chi connectivity index (χ0) is 19.5. The molecule has 0 radical (unpaired) electrons. The zero-order valence-electron chi connectivity index (χ0n) is 16.3. The van der Waals surface area contributed by atoms with Gasteiger partial charge in [-0.25, -0.2) is 5.21 Å². The molecule has 0 saturated carbocycles. The highest BCUT2D eigenvalue weighted by atomic mass is 16.8. The number of quaternary nitrogens is 1. The molecule has 4 atom stereocenters. The molecule has 0 aliphatic carbocycles. The van der Waals surface area contributed by atoms with Crippen molar-refractivity contribution in [2.75, 3.05) is 13.1 Å². The third-order valence-electron chi connectivity index (χ3n) is 7.16. The molecule has 2 fully saturated rings. The van der Waals surface area contributed by atoms with Crippen molar-refractivity contribution >= 4 is 16.6 Å². The fourth-order valence-corrected chi connectivity index (χ4v) is 5.97. The minimum absolute atomic E-state index is 0.229. The molecule has 3 aliphatic rings. The summed E-state index contributed by atoms with van der Waals surface area (Å²) in [5.74, 6) is 0. The largest absolute Gasteiger partial charge is 0.595 e. The predicted octanol–water partition coefficient (Wildman–Crippen LogP) is 3.04. The van der Waals surface area contributed by atoms with E-state index in [9.17, 15) is 10.4 Å². The number of para-hydroxylation sites is 1. The van der Waals surface area contributed by atoms with Gasteiger partial charge in [0.2, 0.25) is 0 Å². The Morgan fingerprint density at radius 2 is 1.83 bits per heavy atom. The molecule has 4 unspecified atom stereocenters. The topological polar surface area (TPSA) is 70.0 Å². The van der Waals surface area contributed by atoms with Gasteiger partial charge in [0.1, 0.15) is 0 Å². The summed E-state index contributed by atoms with van der Waals surface area (Å²) < 4.78 is 0. The lowest BCUT2D eigenvalue weighted by Gasteiger charge is -2.35. The molecule has 6 rings (SSSR count). The van der Waals surface area contributed by atoms with E-state index in [1.54, 1.807) is 12.1 Å². The summed E-state index contributed by atoms with van der Waals surface area (Å²) in [7, 11) is 0.